The fraction of sp³-hybridized carbons (Fsp3) is 0.643. The molecule has 1 atom stereocenters. The molecule has 0 aromatic carbocycles. The Hall–Kier alpha value is -0.940. The number of nitrogens with zero attached hydrogens (tertiary/aromatic N) is 1. The molecule has 1 N–H and O–H groups in total. The lowest BCUT2D eigenvalue weighted by Crippen LogP contribution is -2.33. The Kier molecular flexibility index (Phi) is 4.26. The van der Waals surface area contributed by atoms with E-state index >= 15 is 0 Å². The molecule has 0 aliphatic heterocycles. The Morgan fingerprint density at radius 1 is 1.47 bits per heavy atom. The average Bonchev–Trinajstić information content (AvgIpc) is 3.18. The third kappa shape index (κ3) is 3.76. The van der Waals surface area contributed by atoms with Crippen molar-refractivity contribution in [2.45, 2.75) is 50.8 Å². The first-order valence-electron chi connectivity index (χ1n) is 6.60. The van der Waals surface area contributed by atoms with Crippen molar-refractivity contribution < 1.29 is 8.95 Å². The SMILES string of the molecule is COc1ncc(C2CC2)cc1CNS(=O)C(C)(C)C. The molecule has 0 amide bonds. The molecule has 5 heteroatoms. The van der Waals surface area contributed by atoms with Crippen LogP contribution in [0.2, 0.25) is 0 Å². The average molecular weight is 282 g/mol. The molecule has 4 nitrogen and oxygen atoms in total. The largest absolute Gasteiger partial charge is 0.481 e. The molecular weight excluding hydrogens is 260 g/mol. The summed E-state index contributed by atoms with van der Waals surface area (Å²) in [6, 6.07) is 2.12. The van der Waals surface area contributed by atoms with Crippen LogP contribution in [0, 0.1) is 0 Å². The van der Waals surface area contributed by atoms with Gasteiger partial charge < -0.3 is 4.74 Å². The maximum Gasteiger partial charge on any atom is 0.217 e. The van der Waals surface area contributed by atoms with Gasteiger partial charge in [-0.2, -0.15) is 0 Å². The molecule has 0 bridgehead atoms. The first-order chi connectivity index (χ1) is 8.91. The van der Waals surface area contributed by atoms with Gasteiger partial charge in [-0.3, -0.25) is 0 Å². The quantitative estimate of drug-likeness (QED) is 0.903. The third-order valence-corrected chi connectivity index (χ3v) is 4.66. The van der Waals surface area contributed by atoms with Crippen molar-refractivity contribution in [1.82, 2.24) is 9.71 Å². The zero-order chi connectivity index (χ0) is 14.0. The Morgan fingerprint density at radius 3 is 2.68 bits per heavy atom. The van der Waals surface area contributed by atoms with Crippen molar-refractivity contribution >= 4 is 11.0 Å². The highest BCUT2D eigenvalue weighted by Crippen LogP contribution is 2.40. The summed E-state index contributed by atoms with van der Waals surface area (Å²) >= 11 is 0. The smallest absolute Gasteiger partial charge is 0.217 e. The number of hydrogen-bond donors (Lipinski definition) is 1. The van der Waals surface area contributed by atoms with Gasteiger partial charge >= 0.3 is 0 Å². The number of hydrogen-bond acceptors (Lipinski definition) is 3. The number of aromatic nitrogens is 1. The lowest BCUT2D eigenvalue weighted by molar-refractivity contribution is 0.391. The second kappa shape index (κ2) is 5.59. The molecule has 1 unspecified atom stereocenters. The molecule has 0 spiro atoms. The number of ether oxygens (including phenoxy) is 1. The number of nitrogens with one attached hydrogen (secondary N) is 1. The zero-order valence-corrected chi connectivity index (χ0v) is 12.8. The molecule has 0 saturated heterocycles. The third-order valence-electron chi connectivity index (χ3n) is 3.14. The highest BCUT2D eigenvalue weighted by molar-refractivity contribution is 7.84. The second-order valence-corrected chi connectivity index (χ2v) is 7.96. The summed E-state index contributed by atoms with van der Waals surface area (Å²) in [6.07, 6.45) is 4.38. The Bertz CT molecular complexity index is 479. The Morgan fingerprint density at radius 2 is 2.16 bits per heavy atom. The molecule has 1 aromatic heterocycles. The summed E-state index contributed by atoms with van der Waals surface area (Å²) in [4.78, 5) is 4.34. The van der Waals surface area contributed by atoms with Crippen LogP contribution in [0.5, 0.6) is 5.88 Å². The van der Waals surface area contributed by atoms with Crippen LogP contribution < -0.4 is 9.46 Å². The maximum absolute atomic E-state index is 12.0. The molecule has 1 aromatic rings. The van der Waals surface area contributed by atoms with Crippen molar-refractivity contribution in [3.8, 4) is 5.88 Å². The van der Waals surface area contributed by atoms with Crippen LogP contribution >= 0.6 is 0 Å². The first-order valence-corrected chi connectivity index (χ1v) is 7.75. The van der Waals surface area contributed by atoms with Crippen LogP contribution in [0.25, 0.3) is 0 Å². The van der Waals surface area contributed by atoms with Gasteiger partial charge in [0.2, 0.25) is 5.88 Å². The van der Waals surface area contributed by atoms with Gasteiger partial charge in [0.1, 0.15) is 0 Å². The van der Waals surface area contributed by atoms with Gasteiger partial charge in [-0.1, -0.05) is 0 Å². The zero-order valence-electron chi connectivity index (χ0n) is 12.0. The van der Waals surface area contributed by atoms with E-state index in [-0.39, 0.29) is 4.75 Å². The van der Waals surface area contributed by atoms with E-state index in [9.17, 15) is 4.21 Å². The van der Waals surface area contributed by atoms with Crippen LogP contribution in [0.15, 0.2) is 12.3 Å². The summed E-state index contributed by atoms with van der Waals surface area (Å²) in [5.74, 6) is 1.27. The van der Waals surface area contributed by atoms with E-state index in [0.717, 1.165) is 5.56 Å². The fourth-order valence-corrected chi connectivity index (χ4v) is 2.55. The van der Waals surface area contributed by atoms with E-state index in [4.69, 9.17) is 4.74 Å². The molecule has 0 radical (unpaired) electrons. The topological polar surface area (TPSA) is 51.2 Å². The lowest BCUT2D eigenvalue weighted by atomic mass is 10.1. The van der Waals surface area contributed by atoms with Gasteiger partial charge in [-0.25, -0.2) is 13.9 Å². The predicted octanol–water partition coefficient (Wildman–Crippen LogP) is 2.52. The normalized spacial score (nSPS) is 17.3. The van der Waals surface area contributed by atoms with Crippen molar-refractivity contribution in [3.05, 3.63) is 23.4 Å². The number of methoxy groups -OCH3 is 1. The van der Waals surface area contributed by atoms with Crippen LogP contribution in [0.1, 0.15) is 50.7 Å². The van der Waals surface area contributed by atoms with E-state index in [0.29, 0.717) is 18.3 Å². The second-order valence-electron chi connectivity index (χ2n) is 5.91. The highest BCUT2D eigenvalue weighted by atomic mass is 32.2. The summed E-state index contributed by atoms with van der Waals surface area (Å²) in [7, 11) is 0.531. The van der Waals surface area contributed by atoms with Crippen molar-refractivity contribution in [3.63, 3.8) is 0 Å². The van der Waals surface area contributed by atoms with Crippen LogP contribution in [-0.2, 0) is 17.5 Å². The van der Waals surface area contributed by atoms with Gasteiger partial charge in [-0.15, -0.1) is 0 Å². The van der Waals surface area contributed by atoms with Crippen molar-refractivity contribution in [2.75, 3.05) is 7.11 Å². The van der Waals surface area contributed by atoms with E-state index in [1.807, 2.05) is 27.0 Å². The predicted molar refractivity (Wildman–Crippen MR) is 77.5 cm³/mol. The van der Waals surface area contributed by atoms with Gasteiger partial charge in [0.25, 0.3) is 0 Å². The standard InChI is InChI=1S/C14H22N2O2S/c1-14(2,3)19(17)16-9-12-7-11(10-5-6-10)8-15-13(12)18-4/h7-8,10,16H,5-6,9H2,1-4H3. The van der Waals surface area contributed by atoms with E-state index in [2.05, 4.69) is 15.8 Å². The van der Waals surface area contributed by atoms with Crippen LogP contribution in [-0.4, -0.2) is 21.0 Å². The van der Waals surface area contributed by atoms with Gasteiger partial charge in [-0.05, 0) is 51.2 Å². The summed E-state index contributed by atoms with van der Waals surface area (Å²) in [5, 5.41) is 0. The summed E-state index contributed by atoms with van der Waals surface area (Å²) in [6.45, 7) is 6.37. The van der Waals surface area contributed by atoms with E-state index in [1.165, 1.54) is 18.4 Å². The minimum atomic E-state index is -1.08. The van der Waals surface area contributed by atoms with E-state index in [1.54, 1.807) is 7.11 Å². The monoisotopic (exact) mass is 282 g/mol. The molecule has 106 valence electrons. The summed E-state index contributed by atoms with van der Waals surface area (Å²) in [5.41, 5.74) is 2.24. The van der Waals surface area contributed by atoms with Gasteiger partial charge in [0.15, 0.2) is 0 Å². The first kappa shape index (κ1) is 14.5. The number of rotatable bonds is 5. The molecule has 1 aliphatic carbocycles. The fourth-order valence-electron chi connectivity index (χ4n) is 1.83. The van der Waals surface area contributed by atoms with E-state index < -0.39 is 11.0 Å². The minimum Gasteiger partial charge on any atom is -0.481 e. The van der Waals surface area contributed by atoms with Crippen LogP contribution in [0.3, 0.4) is 0 Å². The molecule has 1 fully saturated rings. The van der Waals surface area contributed by atoms with Crippen molar-refractivity contribution in [2.24, 2.45) is 0 Å². The Labute approximate surface area is 117 Å². The molecule has 2 rings (SSSR count). The van der Waals surface area contributed by atoms with Crippen molar-refractivity contribution in [1.29, 1.82) is 0 Å². The molecule has 1 heterocycles. The maximum atomic E-state index is 12.0. The summed E-state index contributed by atoms with van der Waals surface area (Å²) < 4.78 is 20.1. The van der Waals surface area contributed by atoms with Gasteiger partial charge in [0, 0.05) is 18.3 Å². The minimum absolute atomic E-state index is 0.269. The molecule has 19 heavy (non-hydrogen) atoms. The number of pyridine rings is 1. The molecule has 1 saturated carbocycles. The highest BCUT2D eigenvalue weighted by Gasteiger charge is 2.25. The lowest BCUT2D eigenvalue weighted by Gasteiger charge is -2.18. The van der Waals surface area contributed by atoms with Crippen LogP contribution in [0.4, 0.5) is 0 Å². The molecule has 1 aliphatic rings. The molecular formula is C14H22N2O2S. The Balaban J connectivity index is 2.09. The van der Waals surface area contributed by atoms with Gasteiger partial charge in [0.05, 0.1) is 22.8 Å².